The smallest absolute Gasteiger partial charge is 0.319 e. The highest BCUT2D eigenvalue weighted by atomic mass is 16.5. The van der Waals surface area contributed by atoms with E-state index in [1.165, 1.54) is 0 Å². The van der Waals surface area contributed by atoms with Gasteiger partial charge in [-0.3, -0.25) is 0 Å². The average Bonchev–Trinajstić information content (AvgIpc) is 3.19. The zero-order valence-electron chi connectivity index (χ0n) is 14.1. The molecule has 0 radical (unpaired) electrons. The van der Waals surface area contributed by atoms with Crippen molar-refractivity contribution in [2.75, 3.05) is 5.32 Å². The Kier molecular flexibility index (Phi) is 4.14. The van der Waals surface area contributed by atoms with Crippen molar-refractivity contribution in [2.24, 2.45) is 0 Å². The fourth-order valence-electron chi connectivity index (χ4n) is 3.21. The molecule has 7 heteroatoms. The average molecular weight is 350 g/mol. The summed E-state index contributed by atoms with van der Waals surface area (Å²) in [6.07, 6.45) is -0.0971. The van der Waals surface area contributed by atoms with Gasteiger partial charge in [0.1, 0.15) is 0 Å². The minimum atomic E-state index is -0.633. The first-order valence-corrected chi connectivity index (χ1v) is 8.34. The molecule has 0 saturated heterocycles. The Balaban J connectivity index is 1.47. The number of hydrogen-bond donors (Lipinski definition) is 3. The van der Waals surface area contributed by atoms with Crippen LogP contribution in [0.15, 0.2) is 53.1 Å². The Labute approximate surface area is 150 Å². The van der Waals surface area contributed by atoms with Crippen molar-refractivity contribution in [1.82, 2.24) is 15.5 Å². The molecule has 4 rings (SSSR count). The third-order valence-electron chi connectivity index (χ3n) is 4.40. The van der Waals surface area contributed by atoms with Gasteiger partial charge in [0.15, 0.2) is 0 Å². The van der Waals surface area contributed by atoms with Gasteiger partial charge >= 0.3 is 6.03 Å². The third kappa shape index (κ3) is 3.16. The number of amides is 2. The summed E-state index contributed by atoms with van der Waals surface area (Å²) in [6, 6.07) is 14.1. The lowest BCUT2D eigenvalue weighted by molar-refractivity contribution is 0.144. The molecule has 2 atom stereocenters. The van der Waals surface area contributed by atoms with Crippen molar-refractivity contribution < 1.29 is 14.4 Å². The molecule has 0 bridgehead atoms. The number of nitrogens with zero attached hydrogens (tertiary/aromatic N) is 2. The maximum atomic E-state index is 12.4. The fourth-order valence-corrected chi connectivity index (χ4v) is 3.21. The number of carbonyl (C=O) groups excluding carboxylic acids is 1. The highest BCUT2D eigenvalue weighted by Gasteiger charge is 2.31. The Morgan fingerprint density at radius 3 is 2.88 bits per heavy atom. The molecule has 132 valence electrons. The van der Waals surface area contributed by atoms with Gasteiger partial charge in [0.25, 0.3) is 0 Å². The minimum Gasteiger partial charge on any atom is -0.390 e. The van der Waals surface area contributed by atoms with Crippen molar-refractivity contribution in [3.05, 3.63) is 65.5 Å². The number of hydrogen-bond acceptors (Lipinski definition) is 5. The van der Waals surface area contributed by atoms with Gasteiger partial charge in [0.05, 0.1) is 12.1 Å². The molecule has 0 aliphatic heterocycles. The van der Waals surface area contributed by atoms with Crippen LogP contribution in [0.3, 0.4) is 0 Å². The molecule has 0 unspecified atom stereocenters. The Morgan fingerprint density at radius 2 is 2.08 bits per heavy atom. The van der Waals surface area contributed by atoms with E-state index in [4.69, 9.17) is 4.52 Å². The molecule has 3 N–H and O–H groups in total. The third-order valence-corrected chi connectivity index (χ3v) is 4.40. The van der Waals surface area contributed by atoms with E-state index in [-0.39, 0.29) is 6.03 Å². The topological polar surface area (TPSA) is 100 Å². The van der Waals surface area contributed by atoms with E-state index < -0.39 is 12.1 Å². The maximum Gasteiger partial charge on any atom is 0.319 e. The minimum absolute atomic E-state index is 0.382. The molecule has 1 aromatic heterocycles. The first-order valence-electron chi connectivity index (χ1n) is 8.34. The van der Waals surface area contributed by atoms with Crippen LogP contribution in [0.25, 0.3) is 11.4 Å². The lowest BCUT2D eigenvalue weighted by Crippen LogP contribution is -2.36. The van der Waals surface area contributed by atoms with E-state index in [9.17, 15) is 9.90 Å². The first kappa shape index (κ1) is 16.3. The Morgan fingerprint density at radius 1 is 1.23 bits per heavy atom. The second-order valence-electron chi connectivity index (χ2n) is 6.26. The number of urea groups is 1. The molecule has 2 aromatic carbocycles. The zero-order chi connectivity index (χ0) is 18.1. The van der Waals surface area contributed by atoms with Gasteiger partial charge in [-0.2, -0.15) is 4.98 Å². The van der Waals surface area contributed by atoms with Crippen LogP contribution in [0.5, 0.6) is 0 Å². The number of anilines is 1. The summed E-state index contributed by atoms with van der Waals surface area (Å²) in [6.45, 7) is 1.72. The van der Waals surface area contributed by atoms with E-state index in [2.05, 4.69) is 20.8 Å². The maximum absolute atomic E-state index is 12.4. The molecular formula is C19H18N4O3. The highest BCUT2D eigenvalue weighted by molar-refractivity contribution is 5.90. The lowest BCUT2D eigenvalue weighted by atomic mass is 10.1. The SMILES string of the molecule is Cc1nc(-c2cccc(NC(=O)N[C@H]3c4ccccc4C[C@H]3O)c2)no1. The van der Waals surface area contributed by atoms with Crippen LogP contribution in [0.4, 0.5) is 10.5 Å². The largest absolute Gasteiger partial charge is 0.390 e. The van der Waals surface area contributed by atoms with Gasteiger partial charge < -0.3 is 20.3 Å². The summed E-state index contributed by atoms with van der Waals surface area (Å²) >= 11 is 0. The van der Waals surface area contributed by atoms with Crippen LogP contribution in [0, 0.1) is 6.92 Å². The first-order chi connectivity index (χ1) is 12.6. The monoisotopic (exact) mass is 350 g/mol. The van der Waals surface area contributed by atoms with Gasteiger partial charge in [0, 0.05) is 24.6 Å². The number of aliphatic hydroxyl groups excluding tert-OH is 1. The molecule has 0 spiro atoms. The summed E-state index contributed by atoms with van der Waals surface area (Å²) in [4.78, 5) is 16.6. The van der Waals surface area contributed by atoms with E-state index in [1.807, 2.05) is 30.3 Å². The van der Waals surface area contributed by atoms with Crippen LogP contribution in [0.2, 0.25) is 0 Å². The van der Waals surface area contributed by atoms with Crippen LogP contribution in [-0.4, -0.2) is 27.4 Å². The number of benzene rings is 2. The molecule has 26 heavy (non-hydrogen) atoms. The normalized spacial score (nSPS) is 18.4. The molecule has 0 fully saturated rings. The van der Waals surface area contributed by atoms with Crippen LogP contribution in [-0.2, 0) is 6.42 Å². The number of nitrogens with one attached hydrogen (secondary N) is 2. The zero-order valence-corrected chi connectivity index (χ0v) is 14.1. The van der Waals surface area contributed by atoms with Gasteiger partial charge in [-0.25, -0.2) is 4.79 Å². The summed E-state index contributed by atoms with van der Waals surface area (Å²) in [5.41, 5.74) is 3.35. The number of carbonyl (C=O) groups is 1. The summed E-state index contributed by atoms with van der Waals surface area (Å²) in [5.74, 6) is 0.941. The molecule has 1 heterocycles. The van der Waals surface area contributed by atoms with Crippen molar-refractivity contribution in [2.45, 2.75) is 25.5 Å². The van der Waals surface area contributed by atoms with E-state index in [1.54, 1.807) is 25.1 Å². The number of rotatable bonds is 3. The summed E-state index contributed by atoms with van der Waals surface area (Å²) < 4.78 is 4.99. The summed E-state index contributed by atoms with van der Waals surface area (Å²) in [5, 5.41) is 19.8. The van der Waals surface area contributed by atoms with E-state index in [0.29, 0.717) is 23.8 Å². The quantitative estimate of drug-likeness (QED) is 0.674. The second kappa shape index (κ2) is 6.61. The van der Waals surface area contributed by atoms with Gasteiger partial charge in [-0.15, -0.1) is 0 Å². The molecule has 1 aliphatic carbocycles. The van der Waals surface area contributed by atoms with Crippen molar-refractivity contribution >= 4 is 11.7 Å². The second-order valence-corrected chi connectivity index (χ2v) is 6.26. The van der Waals surface area contributed by atoms with Gasteiger partial charge in [-0.05, 0) is 23.3 Å². The predicted octanol–water partition coefficient (Wildman–Crippen LogP) is 2.82. The number of aliphatic hydroxyl groups is 1. The van der Waals surface area contributed by atoms with Crippen LogP contribution < -0.4 is 10.6 Å². The molecule has 3 aromatic rings. The number of aromatic nitrogens is 2. The fraction of sp³-hybridized carbons (Fsp3) is 0.211. The number of fused-ring (bicyclic) bond motifs is 1. The van der Waals surface area contributed by atoms with Gasteiger partial charge in [-0.1, -0.05) is 41.6 Å². The van der Waals surface area contributed by atoms with E-state index >= 15 is 0 Å². The van der Waals surface area contributed by atoms with Crippen molar-refractivity contribution in [3.8, 4) is 11.4 Å². The summed E-state index contributed by atoms with van der Waals surface area (Å²) in [7, 11) is 0. The molecule has 2 amide bonds. The van der Waals surface area contributed by atoms with E-state index in [0.717, 1.165) is 16.7 Å². The molecular weight excluding hydrogens is 332 g/mol. The molecule has 7 nitrogen and oxygen atoms in total. The Hall–Kier alpha value is -3.19. The van der Waals surface area contributed by atoms with Crippen LogP contribution >= 0.6 is 0 Å². The van der Waals surface area contributed by atoms with Crippen molar-refractivity contribution in [3.63, 3.8) is 0 Å². The standard InChI is InChI=1S/C19H18N4O3/c1-11-20-18(23-26-11)13-6-4-7-14(9-13)21-19(25)22-17-15-8-3-2-5-12(15)10-16(17)24/h2-9,16-17,24H,10H2,1H3,(H2,21,22,25)/t16-,17+/m1/s1. The molecule has 1 aliphatic rings. The van der Waals surface area contributed by atoms with Crippen LogP contribution in [0.1, 0.15) is 23.1 Å². The van der Waals surface area contributed by atoms with Gasteiger partial charge in [0.2, 0.25) is 11.7 Å². The predicted molar refractivity (Wildman–Crippen MR) is 95.5 cm³/mol. The lowest BCUT2D eigenvalue weighted by Gasteiger charge is -2.18. The Bertz CT molecular complexity index is 953. The van der Waals surface area contributed by atoms with Crippen molar-refractivity contribution in [1.29, 1.82) is 0 Å². The molecule has 0 saturated carbocycles. The highest BCUT2D eigenvalue weighted by Crippen LogP contribution is 2.31. The number of aryl methyl sites for hydroxylation is 1.